The lowest BCUT2D eigenvalue weighted by atomic mass is 10.0. The molecule has 0 radical (unpaired) electrons. The van der Waals surface area contributed by atoms with Gasteiger partial charge in [0.1, 0.15) is 0 Å². The van der Waals surface area contributed by atoms with Gasteiger partial charge in [-0.1, -0.05) is 54.6 Å². The van der Waals surface area contributed by atoms with Gasteiger partial charge in [0, 0.05) is 17.0 Å². The average molecular weight is 360 g/mol. The standard InChI is InChI=1S/C21H14ClN3O/c22-21-24-18-16-10-11-23-20(26)17(16)14-8-4-5-9-15(14)19(18)25(21)12-13-6-2-1-3-7-13/h1-11H,12H2,(H,23,26). The number of benzene rings is 3. The molecule has 0 spiro atoms. The van der Waals surface area contributed by atoms with E-state index in [1.165, 1.54) is 0 Å². The molecule has 0 amide bonds. The Morgan fingerprint density at radius 2 is 1.65 bits per heavy atom. The lowest BCUT2D eigenvalue weighted by Gasteiger charge is -2.10. The summed E-state index contributed by atoms with van der Waals surface area (Å²) < 4.78 is 2.01. The largest absolute Gasteiger partial charge is 0.329 e. The molecule has 2 heterocycles. The summed E-state index contributed by atoms with van der Waals surface area (Å²) in [7, 11) is 0. The second-order valence-corrected chi connectivity index (χ2v) is 6.63. The first kappa shape index (κ1) is 15.2. The molecule has 126 valence electrons. The quantitative estimate of drug-likeness (QED) is 0.463. The molecule has 0 unspecified atom stereocenters. The van der Waals surface area contributed by atoms with Gasteiger partial charge in [0.15, 0.2) is 0 Å². The number of hydrogen-bond donors (Lipinski definition) is 1. The Morgan fingerprint density at radius 3 is 2.46 bits per heavy atom. The molecule has 4 nitrogen and oxygen atoms in total. The number of hydrogen-bond acceptors (Lipinski definition) is 2. The van der Waals surface area contributed by atoms with E-state index in [9.17, 15) is 4.79 Å². The Hall–Kier alpha value is -3.11. The van der Waals surface area contributed by atoms with E-state index in [1.807, 2.05) is 53.1 Å². The van der Waals surface area contributed by atoms with Gasteiger partial charge < -0.3 is 9.55 Å². The first-order chi connectivity index (χ1) is 12.7. The smallest absolute Gasteiger partial charge is 0.256 e. The summed E-state index contributed by atoms with van der Waals surface area (Å²) in [5.74, 6) is 0. The number of nitrogens with one attached hydrogen (secondary N) is 1. The van der Waals surface area contributed by atoms with Crippen molar-refractivity contribution in [2.24, 2.45) is 0 Å². The van der Waals surface area contributed by atoms with Crippen molar-refractivity contribution in [2.75, 3.05) is 0 Å². The highest BCUT2D eigenvalue weighted by Crippen LogP contribution is 2.35. The second-order valence-electron chi connectivity index (χ2n) is 6.29. The Balaban J connectivity index is 1.96. The van der Waals surface area contributed by atoms with Gasteiger partial charge >= 0.3 is 0 Å². The first-order valence-electron chi connectivity index (χ1n) is 8.36. The van der Waals surface area contributed by atoms with Crippen molar-refractivity contribution in [1.29, 1.82) is 0 Å². The van der Waals surface area contributed by atoms with Crippen LogP contribution in [0.2, 0.25) is 5.28 Å². The number of pyridine rings is 1. The Morgan fingerprint density at radius 1 is 0.923 bits per heavy atom. The van der Waals surface area contributed by atoms with Crippen LogP contribution < -0.4 is 5.56 Å². The summed E-state index contributed by atoms with van der Waals surface area (Å²) in [4.78, 5) is 19.9. The molecule has 0 fully saturated rings. The van der Waals surface area contributed by atoms with E-state index in [1.54, 1.807) is 6.20 Å². The molecule has 0 saturated carbocycles. The second kappa shape index (κ2) is 5.71. The monoisotopic (exact) mass is 359 g/mol. The van der Waals surface area contributed by atoms with Gasteiger partial charge in [0.25, 0.3) is 5.56 Å². The number of nitrogens with zero attached hydrogens (tertiary/aromatic N) is 2. The fraction of sp³-hybridized carbons (Fsp3) is 0.0476. The summed E-state index contributed by atoms with van der Waals surface area (Å²) in [6.45, 7) is 0.620. The number of fused-ring (bicyclic) bond motifs is 6. The van der Waals surface area contributed by atoms with Gasteiger partial charge in [-0.15, -0.1) is 0 Å². The van der Waals surface area contributed by atoms with E-state index in [0.29, 0.717) is 17.2 Å². The summed E-state index contributed by atoms with van der Waals surface area (Å²) in [6, 6.07) is 19.9. The minimum absolute atomic E-state index is 0.116. The van der Waals surface area contributed by atoms with Crippen LogP contribution in [-0.2, 0) is 6.54 Å². The number of halogens is 1. The van der Waals surface area contributed by atoms with Crippen molar-refractivity contribution in [1.82, 2.24) is 14.5 Å². The molecular formula is C21H14ClN3O. The van der Waals surface area contributed by atoms with Crippen LogP contribution in [0.3, 0.4) is 0 Å². The van der Waals surface area contributed by atoms with Crippen LogP contribution in [0.25, 0.3) is 32.6 Å². The zero-order chi connectivity index (χ0) is 17.7. The number of aromatic amines is 1. The van der Waals surface area contributed by atoms with Crippen molar-refractivity contribution in [3.8, 4) is 0 Å². The van der Waals surface area contributed by atoms with Crippen molar-refractivity contribution in [3.63, 3.8) is 0 Å². The number of imidazole rings is 1. The van der Waals surface area contributed by atoms with Crippen LogP contribution in [0.15, 0.2) is 71.7 Å². The third-order valence-electron chi connectivity index (χ3n) is 4.77. The van der Waals surface area contributed by atoms with Gasteiger partial charge in [-0.2, -0.15) is 0 Å². The molecule has 0 bridgehead atoms. The van der Waals surface area contributed by atoms with E-state index in [0.717, 1.165) is 32.8 Å². The summed E-state index contributed by atoms with van der Waals surface area (Å²) >= 11 is 6.52. The van der Waals surface area contributed by atoms with Crippen LogP contribution in [0, 0.1) is 0 Å². The lowest BCUT2D eigenvalue weighted by molar-refractivity contribution is 0.828. The van der Waals surface area contributed by atoms with Crippen LogP contribution in [0.5, 0.6) is 0 Å². The maximum Gasteiger partial charge on any atom is 0.256 e. The molecule has 5 heteroatoms. The van der Waals surface area contributed by atoms with Crippen LogP contribution >= 0.6 is 11.6 Å². The van der Waals surface area contributed by atoms with Crippen molar-refractivity contribution in [2.45, 2.75) is 6.54 Å². The van der Waals surface area contributed by atoms with Gasteiger partial charge in [0.05, 0.1) is 23.0 Å². The predicted molar refractivity (Wildman–Crippen MR) is 106 cm³/mol. The molecule has 0 aliphatic carbocycles. The SMILES string of the molecule is O=c1[nH]ccc2c3nc(Cl)n(Cc4ccccc4)c3c3ccccc3c12. The van der Waals surface area contributed by atoms with E-state index in [4.69, 9.17) is 11.6 Å². The highest BCUT2D eigenvalue weighted by atomic mass is 35.5. The van der Waals surface area contributed by atoms with Crippen LogP contribution in [-0.4, -0.2) is 14.5 Å². The average Bonchev–Trinajstić information content (AvgIpc) is 2.99. The summed E-state index contributed by atoms with van der Waals surface area (Å²) in [5.41, 5.74) is 2.73. The normalized spacial score (nSPS) is 11.6. The van der Waals surface area contributed by atoms with Crippen LogP contribution in [0.1, 0.15) is 5.56 Å². The van der Waals surface area contributed by atoms with Gasteiger partial charge in [0.2, 0.25) is 5.28 Å². The van der Waals surface area contributed by atoms with E-state index in [-0.39, 0.29) is 5.56 Å². The van der Waals surface area contributed by atoms with Gasteiger partial charge in [-0.05, 0) is 28.6 Å². The fourth-order valence-corrected chi connectivity index (χ4v) is 3.88. The predicted octanol–water partition coefficient (Wildman–Crippen LogP) is 4.73. The van der Waals surface area contributed by atoms with E-state index < -0.39 is 0 Å². The van der Waals surface area contributed by atoms with E-state index in [2.05, 4.69) is 22.1 Å². The van der Waals surface area contributed by atoms with Gasteiger partial charge in [-0.3, -0.25) is 4.79 Å². The van der Waals surface area contributed by atoms with Crippen molar-refractivity contribution in [3.05, 3.63) is 88.1 Å². The zero-order valence-corrected chi connectivity index (χ0v) is 14.5. The maximum absolute atomic E-state index is 12.5. The van der Waals surface area contributed by atoms with Crippen LogP contribution in [0.4, 0.5) is 0 Å². The third-order valence-corrected chi connectivity index (χ3v) is 5.06. The molecule has 0 aliphatic rings. The molecule has 1 N–H and O–H groups in total. The Labute approximate surface area is 153 Å². The lowest BCUT2D eigenvalue weighted by Crippen LogP contribution is -2.06. The topological polar surface area (TPSA) is 50.7 Å². The molecule has 0 saturated heterocycles. The number of rotatable bonds is 2. The molecule has 0 atom stereocenters. The minimum Gasteiger partial charge on any atom is -0.329 e. The van der Waals surface area contributed by atoms with E-state index >= 15 is 0 Å². The molecule has 5 rings (SSSR count). The highest BCUT2D eigenvalue weighted by Gasteiger charge is 2.18. The maximum atomic E-state index is 12.5. The molecule has 26 heavy (non-hydrogen) atoms. The number of H-pyrrole nitrogens is 1. The molecule has 2 aromatic heterocycles. The minimum atomic E-state index is -0.116. The number of aromatic nitrogens is 3. The third kappa shape index (κ3) is 2.16. The fourth-order valence-electron chi connectivity index (χ4n) is 3.65. The summed E-state index contributed by atoms with van der Waals surface area (Å²) in [5, 5.41) is 3.76. The molecule has 0 aliphatic heterocycles. The highest BCUT2D eigenvalue weighted by molar-refractivity contribution is 6.31. The zero-order valence-electron chi connectivity index (χ0n) is 13.7. The van der Waals surface area contributed by atoms with Crippen molar-refractivity contribution < 1.29 is 0 Å². The van der Waals surface area contributed by atoms with Crippen molar-refractivity contribution >= 4 is 44.2 Å². The molecule has 3 aromatic carbocycles. The van der Waals surface area contributed by atoms with Gasteiger partial charge in [-0.25, -0.2) is 4.98 Å². The Kier molecular flexibility index (Phi) is 3.33. The summed E-state index contributed by atoms with van der Waals surface area (Å²) in [6.07, 6.45) is 1.66. The molecular weight excluding hydrogens is 346 g/mol. The Bertz CT molecular complexity index is 1340. The first-order valence-corrected chi connectivity index (χ1v) is 8.73. The molecule has 5 aromatic rings.